The Morgan fingerprint density at radius 1 is 0.707 bits per heavy atom. The number of thioether (sulfide) groups is 1. The number of rotatable bonds is 23. The van der Waals surface area contributed by atoms with Gasteiger partial charge in [0.25, 0.3) is 5.91 Å². The number of para-hydroxylation sites is 1. The van der Waals surface area contributed by atoms with Crippen LogP contribution in [-0.4, -0.2) is 53.0 Å². The zero-order valence-corrected chi connectivity index (χ0v) is 26.7. The van der Waals surface area contributed by atoms with Crippen molar-refractivity contribution < 1.29 is 14.7 Å². The minimum atomic E-state index is -0.275. The van der Waals surface area contributed by atoms with Gasteiger partial charge in [0.05, 0.1) is 11.3 Å². The summed E-state index contributed by atoms with van der Waals surface area (Å²) >= 11 is 1.61. The van der Waals surface area contributed by atoms with Gasteiger partial charge in [0.2, 0.25) is 5.91 Å². The van der Waals surface area contributed by atoms with Gasteiger partial charge in [-0.2, -0.15) is 0 Å². The molecule has 2 amide bonds. The van der Waals surface area contributed by atoms with Crippen molar-refractivity contribution in [3.8, 4) is 5.75 Å². The molecule has 41 heavy (non-hydrogen) atoms. The molecule has 3 N–H and O–H groups in total. The lowest BCUT2D eigenvalue weighted by Crippen LogP contribution is -2.27. The van der Waals surface area contributed by atoms with E-state index in [9.17, 15) is 14.7 Å². The standard InChI is InChI=1S/C33H46N2O3S3/c1-2-3-4-5-6-7-8-9-10-11-12-13-14-15-16-17-18-21-26-39-29-32(37)34-24-27-40-41-28-25-35-33(38)30-22-19-20-23-31(30)36/h3-4,6-7,9-10,12-13,15-16,18-23,36H,2,5,8,11,14,17,24-29H2,1H3,(H,34,37)(H,35,38). The molecule has 0 aliphatic heterocycles. The third kappa shape index (κ3) is 22.8. The molecule has 0 atom stereocenters. The van der Waals surface area contributed by atoms with E-state index in [-0.39, 0.29) is 23.1 Å². The van der Waals surface area contributed by atoms with Gasteiger partial charge in [0.15, 0.2) is 0 Å². The molecule has 0 bridgehead atoms. The molecule has 0 aliphatic rings. The highest BCUT2D eigenvalue weighted by atomic mass is 33.1. The number of hydrogen-bond acceptors (Lipinski definition) is 6. The first-order valence-electron chi connectivity index (χ1n) is 14.2. The third-order valence-electron chi connectivity index (χ3n) is 5.25. The Morgan fingerprint density at radius 3 is 1.73 bits per heavy atom. The van der Waals surface area contributed by atoms with Crippen LogP contribution in [0.2, 0.25) is 0 Å². The number of phenolic OH excluding ortho intramolecular Hbond substituents is 1. The van der Waals surface area contributed by atoms with Crippen molar-refractivity contribution in [2.45, 2.75) is 45.4 Å². The molecule has 0 unspecified atom stereocenters. The first-order chi connectivity index (χ1) is 20.1. The topological polar surface area (TPSA) is 78.4 Å². The second-order valence-corrected chi connectivity index (χ2v) is 12.4. The summed E-state index contributed by atoms with van der Waals surface area (Å²) in [6.45, 7) is 3.29. The van der Waals surface area contributed by atoms with Gasteiger partial charge in [-0.15, -0.1) is 11.8 Å². The lowest BCUT2D eigenvalue weighted by atomic mass is 10.2. The van der Waals surface area contributed by atoms with E-state index in [0.29, 0.717) is 18.8 Å². The molecule has 0 spiro atoms. The Kier molecular flexibility index (Phi) is 24.6. The van der Waals surface area contributed by atoms with E-state index in [2.05, 4.69) is 90.5 Å². The van der Waals surface area contributed by atoms with Crippen LogP contribution in [0, 0.1) is 0 Å². The number of hydrogen-bond donors (Lipinski definition) is 3. The Labute approximate surface area is 259 Å². The maximum Gasteiger partial charge on any atom is 0.255 e. The van der Waals surface area contributed by atoms with Crippen LogP contribution in [0.3, 0.4) is 0 Å². The molecular weight excluding hydrogens is 569 g/mol. The van der Waals surface area contributed by atoms with E-state index >= 15 is 0 Å². The minimum Gasteiger partial charge on any atom is -0.507 e. The summed E-state index contributed by atoms with van der Waals surface area (Å²) in [5.74, 6) is 2.61. The SMILES string of the molecule is CCC=CCC=CCC=CCC=CCC=CCC=CCSCC(=O)NCCSSCCNC(=O)c1ccccc1O. The molecule has 1 aromatic rings. The Bertz CT molecular complexity index is 1020. The van der Waals surface area contributed by atoms with Crippen LogP contribution >= 0.6 is 33.3 Å². The van der Waals surface area contributed by atoms with Gasteiger partial charge in [-0.1, -0.05) is 114 Å². The fourth-order valence-corrected chi connectivity index (χ4v) is 5.67. The van der Waals surface area contributed by atoms with Crippen LogP contribution in [0.5, 0.6) is 5.75 Å². The number of allylic oxidation sites excluding steroid dienone is 11. The first-order valence-corrected chi connectivity index (χ1v) is 17.8. The first kappa shape index (κ1) is 36.5. The molecule has 0 aromatic heterocycles. The van der Waals surface area contributed by atoms with Gasteiger partial charge in [-0.3, -0.25) is 9.59 Å². The van der Waals surface area contributed by atoms with Crippen molar-refractivity contribution in [2.75, 3.05) is 36.1 Å². The largest absolute Gasteiger partial charge is 0.507 e. The number of carbonyl (C=O) groups excluding carboxylic acids is 2. The monoisotopic (exact) mass is 614 g/mol. The molecule has 0 saturated carbocycles. The highest BCUT2D eigenvalue weighted by Crippen LogP contribution is 2.20. The second-order valence-electron chi connectivity index (χ2n) is 8.70. The molecule has 0 saturated heterocycles. The fourth-order valence-electron chi connectivity index (χ4n) is 3.18. The molecule has 0 aliphatic carbocycles. The van der Waals surface area contributed by atoms with E-state index < -0.39 is 0 Å². The zero-order chi connectivity index (χ0) is 29.6. The molecule has 0 heterocycles. The molecule has 8 heteroatoms. The number of nitrogens with one attached hydrogen (secondary N) is 2. The van der Waals surface area contributed by atoms with Crippen LogP contribution in [-0.2, 0) is 4.79 Å². The van der Waals surface area contributed by atoms with Crippen LogP contribution in [0.1, 0.15) is 55.8 Å². The Morgan fingerprint density at radius 2 is 1.20 bits per heavy atom. The molecule has 5 nitrogen and oxygen atoms in total. The maximum atomic E-state index is 12.0. The van der Waals surface area contributed by atoms with Crippen LogP contribution < -0.4 is 10.6 Å². The van der Waals surface area contributed by atoms with Crippen molar-refractivity contribution >= 4 is 45.2 Å². The van der Waals surface area contributed by atoms with Gasteiger partial charge in [0.1, 0.15) is 5.75 Å². The number of carbonyl (C=O) groups is 2. The van der Waals surface area contributed by atoms with Gasteiger partial charge in [-0.25, -0.2) is 0 Å². The minimum absolute atomic E-state index is 0.0155. The molecule has 0 fully saturated rings. The Hall–Kier alpha value is -2.55. The average Bonchev–Trinajstić information content (AvgIpc) is 2.97. The number of phenols is 1. The average molecular weight is 615 g/mol. The summed E-state index contributed by atoms with van der Waals surface area (Å²) < 4.78 is 0. The van der Waals surface area contributed by atoms with Crippen molar-refractivity contribution in [1.82, 2.24) is 10.6 Å². The van der Waals surface area contributed by atoms with Gasteiger partial charge >= 0.3 is 0 Å². The van der Waals surface area contributed by atoms with E-state index in [1.165, 1.54) is 6.07 Å². The van der Waals surface area contributed by atoms with Crippen LogP contribution in [0.25, 0.3) is 0 Å². The number of aromatic hydroxyl groups is 1. The highest BCUT2D eigenvalue weighted by molar-refractivity contribution is 8.76. The summed E-state index contributed by atoms with van der Waals surface area (Å²) in [5.41, 5.74) is 0.284. The molecular formula is C33H46N2O3S3. The summed E-state index contributed by atoms with van der Waals surface area (Å²) in [6, 6.07) is 6.50. The van der Waals surface area contributed by atoms with Crippen molar-refractivity contribution in [3.63, 3.8) is 0 Å². The van der Waals surface area contributed by atoms with E-state index in [1.807, 2.05) is 0 Å². The summed E-state index contributed by atoms with van der Waals surface area (Å²) in [7, 11) is 3.31. The fraction of sp³-hybridized carbons (Fsp3) is 0.394. The lowest BCUT2D eigenvalue weighted by molar-refractivity contribution is -0.118. The van der Waals surface area contributed by atoms with Gasteiger partial charge in [-0.05, 0) is 50.7 Å². The van der Waals surface area contributed by atoms with Crippen molar-refractivity contribution in [1.29, 1.82) is 0 Å². The predicted octanol–water partition coefficient (Wildman–Crippen LogP) is 8.05. The van der Waals surface area contributed by atoms with Crippen molar-refractivity contribution in [2.24, 2.45) is 0 Å². The lowest BCUT2D eigenvalue weighted by Gasteiger charge is -2.07. The normalized spacial score (nSPS) is 12.2. The number of amides is 2. The second kappa shape index (κ2) is 27.6. The molecule has 1 aromatic carbocycles. The summed E-state index contributed by atoms with van der Waals surface area (Å²) in [6.07, 6.45) is 32.2. The van der Waals surface area contributed by atoms with E-state index in [4.69, 9.17) is 0 Å². The summed E-state index contributed by atoms with van der Waals surface area (Å²) in [5, 5.41) is 15.4. The quantitative estimate of drug-likeness (QED) is 0.0658. The predicted molar refractivity (Wildman–Crippen MR) is 184 cm³/mol. The third-order valence-corrected chi connectivity index (χ3v) is 8.56. The van der Waals surface area contributed by atoms with Crippen LogP contribution in [0.4, 0.5) is 0 Å². The van der Waals surface area contributed by atoms with E-state index in [0.717, 1.165) is 55.8 Å². The Balaban J connectivity index is 1.90. The molecule has 1 rings (SSSR count). The van der Waals surface area contributed by atoms with Crippen LogP contribution in [0.15, 0.2) is 97.2 Å². The molecule has 0 radical (unpaired) electrons. The number of benzene rings is 1. The van der Waals surface area contributed by atoms with Gasteiger partial charge in [0, 0.05) is 30.3 Å². The molecule has 224 valence electrons. The summed E-state index contributed by atoms with van der Waals surface area (Å²) in [4.78, 5) is 23.9. The van der Waals surface area contributed by atoms with Gasteiger partial charge < -0.3 is 15.7 Å². The maximum absolute atomic E-state index is 12.0. The highest BCUT2D eigenvalue weighted by Gasteiger charge is 2.08. The van der Waals surface area contributed by atoms with E-state index in [1.54, 1.807) is 51.5 Å². The van der Waals surface area contributed by atoms with Crippen molar-refractivity contribution in [3.05, 3.63) is 103 Å². The smallest absolute Gasteiger partial charge is 0.255 e. The zero-order valence-electron chi connectivity index (χ0n) is 24.2.